The maximum absolute atomic E-state index is 12.2. The summed E-state index contributed by atoms with van der Waals surface area (Å²) in [6, 6.07) is 12.2. The molecule has 1 N–H and O–H groups in total. The largest absolute Gasteiger partial charge is 0.350 e. The van der Waals surface area contributed by atoms with E-state index < -0.39 is 0 Å². The highest BCUT2D eigenvalue weighted by Gasteiger charge is 2.24. The fourth-order valence-corrected chi connectivity index (χ4v) is 2.96. The second kappa shape index (κ2) is 5.57. The van der Waals surface area contributed by atoms with Crippen molar-refractivity contribution in [2.24, 2.45) is 5.92 Å². The highest BCUT2D eigenvalue weighted by molar-refractivity contribution is 9.10. The first-order valence-corrected chi connectivity index (χ1v) is 7.91. The first kappa shape index (κ1) is 13.6. The number of carbonyl (C=O) groups excluding carboxylic acids is 1. The van der Waals surface area contributed by atoms with Crippen molar-refractivity contribution < 1.29 is 4.79 Å². The number of amides is 1. The van der Waals surface area contributed by atoms with Gasteiger partial charge in [0.1, 0.15) is 0 Å². The van der Waals surface area contributed by atoms with Crippen LogP contribution in [-0.2, 0) is 0 Å². The summed E-state index contributed by atoms with van der Waals surface area (Å²) >= 11 is 3.46. The molecule has 3 rings (SSSR count). The Hall–Kier alpha value is -1.35. The van der Waals surface area contributed by atoms with E-state index in [0.29, 0.717) is 0 Å². The summed E-state index contributed by atoms with van der Waals surface area (Å²) in [5, 5.41) is 5.33. The molecule has 0 spiro atoms. The van der Waals surface area contributed by atoms with Gasteiger partial charge in [0.05, 0.1) is 0 Å². The van der Waals surface area contributed by atoms with E-state index in [1.165, 1.54) is 12.8 Å². The van der Waals surface area contributed by atoms with Crippen LogP contribution in [0.25, 0.3) is 10.8 Å². The Morgan fingerprint density at radius 2 is 1.95 bits per heavy atom. The van der Waals surface area contributed by atoms with E-state index in [0.717, 1.165) is 33.1 Å². The SMILES string of the molecule is CC(CC1CC1)NC(=O)c1ccc2cc(Br)ccc2c1. The fraction of sp³-hybridized carbons (Fsp3) is 0.353. The second-order valence-electron chi connectivity index (χ2n) is 5.76. The molecule has 0 radical (unpaired) electrons. The number of rotatable bonds is 4. The summed E-state index contributed by atoms with van der Waals surface area (Å²) in [5.41, 5.74) is 0.738. The van der Waals surface area contributed by atoms with Gasteiger partial charge in [0, 0.05) is 16.1 Å². The molecule has 0 aromatic heterocycles. The van der Waals surface area contributed by atoms with Gasteiger partial charge in [-0.05, 0) is 54.3 Å². The summed E-state index contributed by atoms with van der Waals surface area (Å²) < 4.78 is 1.06. The van der Waals surface area contributed by atoms with Gasteiger partial charge < -0.3 is 5.32 Å². The van der Waals surface area contributed by atoms with Crippen molar-refractivity contribution in [2.45, 2.75) is 32.2 Å². The molecule has 0 bridgehead atoms. The van der Waals surface area contributed by atoms with Crippen LogP contribution in [0.1, 0.15) is 36.5 Å². The molecular weight excluding hydrogens is 314 g/mol. The Balaban J connectivity index is 1.75. The molecule has 1 aliphatic rings. The first-order valence-electron chi connectivity index (χ1n) is 7.12. The lowest BCUT2D eigenvalue weighted by Gasteiger charge is -2.13. The standard InChI is InChI=1S/C17H18BrNO/c1-11(8-12-2-3-12)19-17(20)15-5-4-14-10-16(18)7-6-13(14)9-15/h4-7,9-12H,2-3,8H2,1H3,(H,19,20). The normalized spacial score (nSPS) is 16.1. The van der Waals surface area contributed by atoms with Gasteiger partial charge >= 0.3 is 0 Å². The van der Waals surface area contributed by atoms with Crippen molar-refractivity contribution in [2.75, 3.05) is 0 Å². The van der Waals surface area contributed by atoms with Crippen LogP contribution < -0.4 is 5.32 Å². The van der Waals surface area contributed by atoms with Crippen LogP contribution in [0.15, 0.2) is 40.9 Å². The Morgan fingerprint density at radius 3 is 2.70 bits per heavy atom. The van der Waals surface area contributed by atoms with E-state index in [2.05, 4.69) is 34.2 Å². The van der Waals surface area contributed by atoms with E-state index >= 15 is 0 Å². The first-order chi connectivity index (χ1) is 9.61. The van der Waals surface area contributed by atoms with Gasteiger partial charge in [-0.3, -0.25) is 4.79 Å². The minimum Gasteiger partial charge on any atom is -0.350 e. The third-order valence-electron chi connectivity index (χ3n) is 3.83. The zero-order valence-corrected chi connectivity index (χ0v) is 13.1. The molecule has 0 aliphatic heterocycles. The highest BCUT2D eigenvalue weighted by Crippen LogP contribution is 2.33. The number of nitrogens with one attached hydrogen (secondary N) is 1. The summed E-state index contributed by atoms with van der Waals surface area (Å²) in [5.74, 6) is 0.863. The average molecular weight is 332 g/mol. The van der Waals surface area contributed by atoms with Crippen LogP contribution in [0, 0.1) is 5.92 Å². The molecule has 1 amide bonds. The van der Waals surface area contributed by atoms with E-state index in [1.54, 1.807) is 0 Å². The number of halogens is 1. The van der Waals surface area contributed by atoms with Gasteiger partial charge in [0.15, 0.2) is 0 Å². The smallest absolute Gasteiger partial charge is 0.251 e. The Bertz CT molecular complexity index is 648. The van der Waals surface area contributed by atoms with Crippen LogP contribution in [0.4, 0.5) is 0 Å². The zero-order valence-electron chi connectivity index (χ0n) is 11.5. The number of hydrogen-bond acceptors (Lipinski definition) is 1. The number of fused-ring (bicyclic) bond motifs is 1. The average Bonchev–Trinajstić information content (AvgIpc) is 3.21. The number of benzene rings is 2. The third-order valence-corrected chi connectivity index (χ3v) is 4.32. The predicted octanol–water partition coefficient (Wildman–Crippen LogP) is 4.52. The Kier molecular flexibility index (Phi) is 3.79. The lowest BCUT2D eigenvalue weighted by atomic mass is 10.1. The molecule has 1 saturated carbocycles. The summed E-state index contributed by atoms with van der Waals surface area (Å²) in [4.78, 5) is 12.2. The van der Waals surface area contributed by atoms with E-state index in [1.807, 2.05) is 30.3 Å². The zero-order chi connectivity index (χ0) is 14.1. The van der Waals surface area contributed by atoms with Gasteiger partial charge in [0.25, 0.3) is 5.91 Å². The quantitative estimate of drug-likeness (QED) is 0.876. The summed E-state index contributed by atoms with van der Waals surface area (Å²) in [6.45, 7) is 2.09. The lowest BCUT2D eigenvalue weighted by molar-refractivity contribution is 0.0937. The van der Waals surface area contributed by atoms with Crippen molar-refractivity contribution >= 4 is 32.6 Å². The van der Waals surface area contributed by atoms with Crippen LogP contribution in [0.5, 0.6) is 0 Å². The lowest BCUT2D eigenvalue weighted by Crippen LogP contribution is -2.32. The molecule has 2 aromatic rings. The van der Waals surface area contributed by atoms with Crippen LogP contribution in [-0.4, -0.2) is 11.9 Å². The van der Waals surface area contributed by atoms with E-state index in [-0.39, 0.29) is 11.9 Å². The molecule has 1 unspecified atom stereocenters. The minimum absolute atomic E-state index is 0.0305. The molecule has 0 saturated heterocycles. The second-order valence-corrected chi connectivity index (χ2v) is 6.68. The summed E-state index contributed by atoms with van der Waals surface area (Å²) in [7, 11) is 0. The molecule has 1 fully saturated rings. The molecule has 3 heteroatoms. The monoisotopic (exact) mass is 331 g/mol. The molecule has 20 heavy (non-hydrogen) atoms. The molecule has 1 aliphatic carbocycles. The van der Waals surface area contributed by atoms with Gasteiger partial charge in [-0.2, -0.15) is 0 Å². The highest BCUT2D eigenvalue weighted by atomic mass is 79.9. The van der Waals surface area contributed by atoms with Gasteiger partial charge in [0.2, 0.25) is 0 Å². The molecule has 104 valence electrons. The van der Waals surface area contributed by atoms with E-state index in [4.69, 9.17) is 0 Å². The maximum Gasteiger partial charge on any atom is 0.251 e. The predicted molar refractivity (Wildman–Crippen MR) is 85.9 cm³/mol. The molecule has 2 nitrogen and oxygen atoms in total. The molecule has 2 aromatic carbocycles. The van der Waals surface area contributed by atoms with E-state index in [9.17, 15) is 4.79 Å². The Labute approximate surface area is 127 Å². The number of hydrogen-bond donors (Lipinski definition) is 1. The van der Waals surface area contributed by atoms with Crippen LogP contribution in [0.2, 0.25) is 0 Å². The maximum atomic E-state index is 12.2. The van der Waals surface area contributed by atoms with Gasteiger partial charge in [-0.25, -0.2) is 0 Å². The van der Waals surface area contributed by atoms with Crippen molar-refractivity contribution in [1.82, 2.24) is 5.32 Å². The molecular formula is C17H18BrNO. The molecule has 1 atom stereocenters. The van der Waals surface area contributed by atoms with Gasteiger partial charge in [-0.1, -0.05) is 40.9 Å². The van der Waals surface area contributed by atoms with Crippen molar-refractivity contribution in [3.63, 3.8) is 0 Å². The van der Waals surface area contributed by atoms with Crippen molar-refractivity contribution in [3.05, 3.63) is 46.4 Å². The minimum atomic E-state index is 0.0305. The summed E-state index contributed by atoms with van der Waals surface area (Å²) in [6.07, 6.45) is 3.75. The Morgan fingerprint density at radius 1 is 1.25 bits per heavy atom. The van der Waals surface area contributed by atoms with Crippen molar-refractivity contribution in [1.29, 1.82) is 0 Å². The van der Waals surface area contributed by atoms with Crippen LogP contribution in [0.3, 0.4) is 0 Å². The molecule has 0 heterocycles. The van der Waals surface area contributed by atoms with Gasteiger partial charge in [-0.15, -0.1) is 0 Å². The number of carbonyl (C=O) groups is 1. The fourth-order valence-electron chi connectivity index (χ4n) is 2.58. The van der Waals surface area contributed by atoms with Crippen molar-refractivity contribution in [3.8, 4) is 0 Å². The van der Waals surface area contributed by atoms with Crippen LogP contribution >= 0.6 is 15.9 Å². The third kappa shape index (κ3) is 3.21. The topological polar surface area (TPSA) is 29.1 Å².